The fourth-order valence-corrected chi connectivity index (χ4v) is 5.99. The van der Waals surface area contributed by atoms with E-state index in [0.29, 0.717) is 29.2 Å². The van der Waals surface area contributed by atoms with Crippen molar-refractivity contribution in [2.45, 2.75) is 63.7 Å². The lowest BCUT2D eigenvalue weighted by atomic mass is 9.98. The maximum Gasteiger partial charge on any atom is 0.242 e. The Morgan fingerprint density at radius 1 is 1.09 bits per heavy atom. The van der Waals surface area contributed by atoms with Crippen molar-refractivity contribution in [3.63, 3.8) is 0 Å². The molecule has 1 N–H and O–H groups in total. The summed E-state index contributed by atoms with van der Waals surface area (Å²) in [4.78, 5) is 26.6. The molecule has 2 fully saturated rings. The quantitative estimate of drug-likeness (QED) is 0.430. The highest BCUT2D eigenvalue weighted by Gasteiger charge is 2.38. The second-order valence-electron chi connectivity index (χ2n) is 9.49. The third-order valence-corrected chi connectivity index (χ3v) is 7.86. The van der Waals surface area contributed by atoms with E-state index in [4.69, 9.17) is 17.0 Å². The minimum absolute atomic E-state index is 0.0587. The molecule has 1 aliphatic carbocycles. The molecule has 180 valence electrons. The van der Waals surface area contributed by atoms with E-state index >= 15 is 0 Å². The molecule has 7 heteroatoms. The molecule has 1 saturated heterocycles. The van der Waals surface area contributed by atoms with E-state index in [9.17, 15) is 9.59 Å². The first-order valence-corrected chi connectivity index (χ1v) is 13.3. The molecular weight excluding hydrogens is 464 g/mol. The fourth-order valence-electron chi connectivity index (χ4n) is 4.48. The lowest BCUT2D eigenvalue weighted by Gasteiger charge is -2.17. The Hall–Kier alpha value is -2.38. The summed E-state index contributed by atoms with van der Waals surface area (Å²) < 4.78 is 6.55. The number of hydrogen-bond donors (Lipinski definition) is 1. The summed E-state index contributed by atoms with van der Waals surface area (Å²) in [6.45, 7) is 5.09. The molecule has 4 rings (SSSR count). The van der Waals surface area contributed by atoms with Gasteiger partial charge in [-0.15, -0.1) is 0 Å². The summed E-state index contributed by atoms with van der Waals surface area (Å²) >= 11 is 6.64. The highest BCUT2D eigenvalue weighted by Crippen LogP contribution is 2.35. The van der Waals surface area contributed by atoms with Gasteiger partial charge in [0.05, 0.1) is 5.25 Å². The molecule has 0 aromatic heterocycles. The van der Waals surface area contributed by atoms with Crippen molar-refractivity contribution in [2.24, 2.45) is 5.92 Å². The number of amides is 2. The van der Waals surface area contributed by atoms with Crippen LogP contribution in [0.25, 0.3) is 0 Å². The Labute approximate surface area is 211 Å². The van der Waals surface area contributed by atoms with Crippen LogP contribution in [-0.2, 0) is 16.1 Å². The average Bonchev–Trinajstić information content (AvgIpc) is 3.44. The van der Waals surface area contributed by atoms with Crippen molar-refractivity contribution in [1.29, 1.82) is 0 Å². The third kappa shape index (κ3) is 6.39. The van der Waals surface area contributed by atoms with Crippen LogP contribution in [0.4, 0.5) is 0 Å². The third-order valence-electron chi connectivity index (χ3n) is 6.28. The van der Waals surface area contributed by atoms with Crippen molar-refractivity contribution >= 4 is 40.1 Å². The van der Waals surface area contributed by atoms with Crippen LogP contribution in [0.15, 0.2) is 48.5 Å². The van der Waals surface area contributed by atoms with Crippen LogP contribution in [0.1, 0.15) is 63.0 Å². The zero-order valence-corrected chi connectivity index (χ0v) is 21.4. The smallest absolute Gasteiger partial charge is 0.242 e. The van der Waals surface area contributed by atoms with Crippen LogP contribution in [0.3, 0.4) is 0 Å². The number of hydrogen-bond acceptors (Lipinski definition) is 5. The van der Waals surface area contributed by atoms with E-state index in [2.05, 4.69) is 17.4 Å². The number of ether oxygens (including phenoxy) is 1. The van der Waals surface area contributed by atoms with Crippen molar-refractivity contribution < 1.29 is 14.3 Å². The molecule has 5 nitrogen and oxygen atoms in total. The Bertz CT molecular complexity index is 1020. The highest BCUT2D eigenvalue weighted by atomic mass is 32.2. The number of rotatable bonds is 9. The molecule has 0 bridgehead atoms. The SMILES string of the molecule is CC(C)CN1C(=O)C(CC(=O)NCc2ccc(Oc3ccc(C4CCCC4)cc3)cc2)SC1=S. The van der Waals surface area contributed by atoms with Crippen molar-refractivity contribution in [2.75, 3.05) is 6.54 Å². The predicted molar refractivity (Wildman–Crippen MR) is 141 cm³/mol. The van der Waals surface area contributed by atoms with Gasteiger partial charge in [0.1, 0.15) is 15.8 Å². The van der Waals surface area contributed by atoms with Gasteiger partial charge in [0, 0.05) is 19.5 Å². The van der Waals surface area contributed by atoms with Gasteiger partial charge in [-0.2, -0.15) is 0 Å². The largest absolute Gasteiger partial charge is 0.457 e. The first-order valence-electron chi connectivity index (χ1n) is 12.0. The van der Waals surface area contributed by atoms with Crippen molar-refractivity contribution in [3.05, 3.63) is 59.7 Å². The summed E-state index contributed by atoms with van der Waals surface area (Å²) in [5.74, 6) is 2.41. The molecular formula is C27H32N2O3S2. The van der Waals surface area contributed by atoms with Gasteiger partial charge in [-0.1, -0.05) is 74.9 Å². The van der Waals surface area contributed by atoms with E-state index in [0.717, 1.165) is 17.1 Å². The molecule has 2 aliphatic rings. The summed E-state index contributed by atoms with van der Waals surface area (Å²) in [6.07, 6.45) is 5.38. The first kappa shape index (κ1) is 24.7. The lowest BCUT2D eigenvalue weighted by Crippen LogP contribution is -2.36. The Kier molecular flexibility index (Phi) is 8.27. The van der Waals surface area contributed by atoms with Crippen LogP contribution in [-0.4, -0.2) is 32.8 Å². The molecule has 2 amide bonds. The van der Waals surface area contributed by atoms with E-state index in [1.807, 2.05) is 50.2 Å². The molecule has 1 saturated carbocycles. The zero-order chi connectivity index (χ0) is 24.1. The van der Waals surface area contributed by atoms with Gasteiger partial charge in [0.2, 0.25) is 11.8 Å². The van der Waals surface area contributed by atoms with Gasteiger partial charge in [-0.25, -0.2) is 0 Å². The van der Waals surface area contributed by atoms with E-state index in [1.54, 1.807) is 4.90 Å². The monoisotopic (exact) mass is 496 g/mol. The Balaban J connectivity index is 1.23. The Morgan fingerprint density at radius 3 is 2.32 bits per heavy atom. The van der Waals surface area contributed by atoms with Crippen LogP contribution in [0.5, 0.6) is 11.5 Å². The molecule has 2 aromatic rings. The van der Waals surface area contributed by atoms with Crippen LogP contribution in [0, 0.1) is 5.92 Å². The number of thiocarbonyl (C=S) groups is 1. The van der Waals surface area contributed by atoms with Gasteiger partial charge in [0.25, 0.3) is 0 Å². The summed E-state index contributed by atoms with van der Waals surface area (Å²) in [5, 5.41) is 2.48. The highest BCUT2D eigenvalue weighted by molar-refractivity contribution is 8.24. The number of carbonyl (C=O) groups excluding carboxylic acids is 2. The van der Waals surface area contributed by atoms with Gasteiger partial charge in [-0.05, 0) is 60.1 Å². The fraction of sp³-hybridized carbons (Fsp3) is 0.444. The minimum atomic E-state index is -0.429. The van der Waals surface area contributed by atoms with Crippen molar-refractivity contribution in [1.82, 2.24) is 10.2 Å². The molecule has 0 spiro atoms. The molecule has 34 heavy (non-hydrogen) atoms. The summed E-state index contributed by atoms with van der Waals surface area (Å²) in [5.41, 5.74) is 2.38. The van der Waals surface area contributed by atoms with Gasteiger partial charge >= 0.3 is 0 Å². The van der Waals surface area contributed by atoms with Crippen molar-refractivity contribution in [3.8, 4) is 11.5 Å². The van der Waals surface area contributed by atoms with Crippen LogP contribution < -0.4 is 10.1 Å². The molecule has 2 aromatic carbocycles. The van der Waals surface area contributed by atoms with E-state index in [1.165, 1.54) is 43.0 Å². The second-order valence-corrected chi connectivity index (χ2v) is 11.3. The average molecular weight is 497 g/mol. The molecule has 1 unspecified atom stereocenters. The lowest BCUT2D eigenvalue weighted by molar-refractivity contribution is -0.129. The van der Waals surface area contributed by atoms with E-state index < -0.39 is 5.25 Å². The predicted octanol–water partition coefficient (Wildman–Crippen LogP) is 6.03. The number of thioether (sulfide) groups is 1. The topological polar surface area (TPSA) is 58.6 Å². The molecule has 1 heterocycles. The zero-order valence-electron chi connectivity index (χ0n) is 19.8. The normalized spacial score (nSPS) is 18.7. The summed E-state index contributed by atoms with van der Waals surface area (Å²) in [7, 11) is 0. The van der Waals surface area contributed by atoms with Gasteiger partial charge < -0.3 is 10.1 Å². The standard InChI is InChI=1S/C27H32N2O3S2/c1-18(2)17-29-26(31)24(34-27(29)33)15-25(30)28-16-19-7-11-22(12-8-19)32-23-13-9-21(10-14-23)20-5-3-4-6-20/h7-14,18,20,24H,3-6,15-17H2,1-2H3,(H,28,30). The molecule has 1 aliphatic heterocycles. The summed E-state index contributed by atoms with van der Waals surface area (Å²) in [6, 6.07) is 16.1. The second kappa shape index (κ2) is 11.4. The Morgan fingerprint density at radius 2 is 1.71 bits per heavy atom. The molecule has 1 atom stereocenters. The van der Waals surface area contributed by atoms with Crippen LogP contribution >= 0.6 is 24.0 Å². The number of carbonyl (C=O) groups is 2. The van der Waals surface area contributed by atoms with Crippen LogP contribution in [0.2, 0.25) is 0 Å². The first-order chi connectivity index (χ1) is 16.4. The molecule has 0 radical (unpaired) electrons. The minimum Gasteiger partial charge on any atom is -0.457 e. The maximum absolute atomic E-state index is 12.6. The van der Waals surface area contributed by atoms with Gasteiger partial charge in [0.15, 0.2) is 0 Å². The number of nitrogens with one attached hydrogen (secondary N) is 1. The van der Waals surface area contributed by atoms with E-state index in [-0.39, 0.29) is 18.2 Å². The van der Waals surface area contributed by atoms with Gasteiger partial charge in [-0.3, -0.25) is 14.5 Å². The number of benzene rings is 2. The number of nitrogens with zero attached hydrogens (tertiary/aromatic N) is 1. The maximum atomic E-state index is 12.6.